The van der Waals surface area contributed by atoms with Crippen LogP contribution < -0.4 is 5.73 Å². The highest BCUT2D eigenvalue weighted by Crippen LogP contribution is 2.31. The number of nitrogens with two attached hydrogens (primary N) is 1. The minimum atomic E-state index is 0.329. The van der Waals surface area contributed by atoms with Gasteiger partial charge in [0.1, 0.15) is 5.52 Å². The van der Waals surface area contributed by atoms with E-state index >= 15 is 0 Å². The normalized spacial score (nSPS) is 11.1. The topological polar surface area (TPSA) is 56.7 Å². The van der Waals surface area contributed by atoms with Gasteiger partial charge in [0.05, 0.1) is 10.7 Å². The summed E-state index contributed by atoms with van der Waals surface area (Å²) in [6.45, 7) is 1.89. The first-order chi connectivity index (χ1) is 9.08. The Morgan fingerprint density at radius 3 is 2.79 bits per heavy atom. The highest BCUT2D eigenvalue weighted by atomic mass is 35.5. The predicted octanol–water partition coefficient (Wildman–Crippen LogP) is 3.62. The molecule has 2 heterocycles. The molecule has 6 heteroatoms. The van der Waals surface area contributed by atoms with Gasteiger partial charge in [-0.05, 0) is 36.8 Å². The number of aryl methyl sites for hydroxylation is 1. The molecule has 3 rings (SSSR count). The molecule has 0 saturated carbocycles. The van der Waals surface area contributed by atoms with E-state index in [1.54, 1.807) is 22.9 Å². The number of nitrogens with zero attached hydrogens (tertiary/aromatic N) is 3. The second-order valence-corrected chi connectivity index (χ2v) is 5.02. The number of hydrogen-bond donors (Lipinski definition) is 1. The summed E-state index contributed by atoms with van der Waals surface area (Å²) in [6.07, 6.45) is 1.68. The lowest BCUT2D eigenvalue weighted by atomic mass is 10.2. The third-order valence-corrected chi connectivity index (χ3v) is 3.62. The maximum atomic E-state index is 6.27. The molecular weight excluding hydrogens is 283 g/mol. The summed E-state index contributed by atoms with van der Waals surface area (Å²) in [7, 11) is 0. The Morgan fingerprint density at radius 2 is 2.00 bits per heavy atom. The second-order valence-electron chi connectivity index (χ2n) is 4.20. The molecule has 0 atom stereocenters. The van der Waals surface area contributed by atoms with E-state index in [1.165, 1.54) is 0 Å². The smallest absolute Gasteiger partial charge is 0.207 e. The number of anilines is 1. The molecule has 0 unspecified atom stereocenters. The molecule has 0 aliphatic rings. The van der Waals surface area contributed by atoms with E-state index in [-0.39, 0.29) is 0 Å². The van der Waals surface area contributed by atoms with E-state index in [0.29, 0.717) is 32.8 Å². The van der Waals surface area contributed by atoms with Crippen molar-refractivity contribution in [2.24, 2.45) is 0 Å². The molecule has 2 aromatic heterocycles. The monoisotopic (exact) mass is 292 g/mol. The Hall–Kier alpha value is -1.78. The summed E-state index contributed by atoms with van der Waals surface area (Å²) < 4.78 is 1.70. The first-order valence-corrected chi connectivity index (χ1v) is 6.38. The summed E-state index contributed by atoms with van der Waals surface area (Å²) in [5.74, 6) is 0.329. The van der Waals surface area contributed by atoms with Crippen LogP contribution in [0, 0.1) is 6.92 Å². The number of rotatable bonds is 1. The van der Waals surface area contributed by atoms with Crippen LogP contribution in [0.1, 0.15) is 5.56 Å². The van der Waals surface area contributed by atoms with Gasteiger partial charge in [0.15, 0.2) is 5.65 Å². The predicted molar refractivity (Wildman–Crippen MR) is 78.0 cm³/mol. The van der Waals surface area contributed by atoms with Gasteiger partial charge in [-0.3, -0.25) is 4.57 Å². The van der Waals surface area contributed by atoms with Gasteiger partial charge in [-0.25, -0.2) is 9.97 Å². The van der Waals surface area contributed by atoms with Crippen LogP contribution in [0.25, 0.3) is 16.9 Å². The summed E-state index contributed by atoms with van der Waals surface area (Å²) in [4.78, 5) is 8.55. The van der Waals surface area contributed by atoms with Gasteiger partial charge in [0.2, 0.25) is 5.95 Å². The quantitative estimate of drug-likeness (QED) is 0.745. The van der Waals surface area contributed by atoms with E-state index in [9.17, 15) is 0 Å². The summed E-state index contributed by atoms with van der Waals surface area (Å²) in [6, 6.07) is 7.22. The third kappa shape index (κ3) is 1.93. The molecule has 0 bridgehead atoms. The van der Waals surface area contributed by atoms with Crippen molar-refractivity contribution in [2.45, 2.75) is 6.92 Å². The first kappa shape index (κ1) is 12.3. The molecule has 0 aliphatic carbocycles. The van der Waals surface area contributed by atoms with Crippen molar-refractivity contribution < 1.29 is 0 Å². The van der Waals surface area contributed by atoms with Crippen LogP contribution in [0.15, 0.2) is 30.5 Å². The minimum Gasteiger partial charge on any atom is -0.369 e. The fraction of sp³-hybridized carbons (Fsp3) is 0.0769. The van der Waals surface area contributed by atoms with E-state index in [0.717, 1.165) is 5.56 Å². The van der Waals surface area contributed by atoms with E-state index < -0.39 is 0 Å². The van der Waals surface area contributed by atoms with Crippen LogP contribution in [0.3, 0.4) is 0 Å². The highest BCUT2D eigenvalue weighted by molar-refractivity contribution is 6.35. The number of hydrogen-bond acceptors (Lipinski definition) is 3. The van der Waals surface area contributed by atoms with Crippen LogP contribution in [0.4, 0.5) is 5.95 Å². The molecular formula is C13H10Cl2N4. The zero-order chi connectivity index (χ0) is 13.6. The van der Waals surface area contributed by atoms with E-state index in [1.807, 2.05) is 19.1 Å². The van der Waals surface area contributed by atoms with Crippen molar-refractivity contribution >= 4 is 40.3 Å². The lowest BCUT2D eigenvalue weighted by molar-refractivity contribution is 1.08. The van der Waals surface area contributed by atoms with Crippen LogP contribution in [-0.2, 0) is 0 Å². The molecule has 19 heavy (non-hydrogen) atoms. The Balaban J connectivity index is 2.36. The maximum absolute atomic E-state index is 6.27. The van der Waals surface area contributed by atoms with Crippen molar-refractivity contribution in [1.29, 1.82) is 0 Å². The average Bonchev–Trinajstić information content (AvgIpc) is 2.70. The molecule has 0 radical (unpaired) electrons. The van der Waals surface area contributed by atoms with Crippen LogP contribution >= 0.6 is 23.2 Å². The Morgan fingerprint density at radius 1 is 1.21 bits per heavy atom. The standard InChI is InChI=1S/C13H10Cl2N4/c1-7-5-9(15)11(6-8(7)14)19-12-10(18-13(19)16)3-2-4-17-12/h2-6H,1H3,(H2,16,18). The first-order valence-electron chi connectivity index (χ1n) is 5.63. The number of nitrogen functional groups attached to an aromatic ring is 1. The van der Waals surface area contributed by atoms with Crippen molar-refractivity contribution in [1.82, 2.24) is 14.5 Å². The fourth-order valence-corrected chi connectivity index (χ4v) is 2.44. The Kier molecular flexibility index (Phi) is 2.84. The number of aromatic nitrogens is 3. The molecule has 96 valence electrons. The second kappa shape index (κ2) is 4.40. The van der Waals surface area contributed by atoms with Gasteiger partial charge in [-0.1, -0.05) is 23.2 Å². The van der Waals surface area contributed by atoms with Crippen molar-refractivity contribution in [3.05, 3.63) is 46.1 Å². The largest absolute Gasteiger partial charge is 0.369 e. The number of benzene rings is 1. The highest BCUT2D eigenvalue weighted by Gasteiger charge is 2.14. The third-order valence-electron chi connectivity index (χ3n) is 2.91. The van der Waals surface area contributed by atoms with Gasteiger partial charge in [0.25, 0.3) is 0 Å². The van der Waals surface area contributed by atoms with Gasteiger partial charge in [-0.15, -0.1) is 0 Å². The Bertz CT molecular complexity index is 780. The Labute approximate surface area is 119 Å². The van der Waals surface area contributed by atoms with Crippen LogP contribution in [0.2, 0.25) is 10.0 Å². The number of fused-ring (bicyclic) bond motifs is 1. The van der Waals surface area contributed by atoms with Gasteiger partial charge in [0, 0.05) is 11.2 Å². The summed E-state index contributed by atoms with van der Waals surface area (Å²) >= 11 is 12.4. The van der Waals surface area contributed by atoms with Crippen LogP contribution in [-0.4, -0.2) is 14.5 Å². The average molecular weight is 293 g/mol. The minimum absolute atomic E-state index is 0.329. The van der Waals surface area contributed by atoms with Gasteiger partial charge < -0.3 is 5.73 Å². The molecule has 1 aromatic carbocycles. The maximum Gasteiger partial charge on any atom is 0.207 e. The molecule has 3 aromatic rings. The molecule has 0 amide bonds. The molecule has 4 nitrogen and oxygen atoms in total. The molecule has 2 N–H and O–H groups in total. The van der Waals surface area contributed by atoms with Crippen LogP contribution in [0.5, 0.6) is 0 Å². The summed E-state index contributed by atoms with van der Waals surface area (Å²) in [5.41, 5.74) is 8.91. The lowest BCUT2D eigenvalue weighted by Crippen LogP contribution is -2.02. The zero-order valence-corrected chi connectivity index (χ0v) is 11.6. The fourth-order valence-electron chi connectivity index (χ4n) is 1.97. The molecule has 0 fully saturated rings. The SMILES string of the molecule is Cc1cc(Cl)c(-n2c(N)nc3cccnc32)cc1Cl. The van der Waals surface area contributed by atoms with Crippen molar-refractivity contribution in [3.63, 3.8) is 0 Å². The van der Waals surface area contributed by atoms with E-state index in [2.05, 4.69) is 9.97 Å². The summed E-state index contributed by atoms with van der Waals surface area (Å²) in [5, 5.41) is 1.18. The van der Waals surface area contributed by atoms with Gasteiger partial charge >= 0.3 is 0 Å². The molecule has 0 spiro atoms. The van der Waals surface area contributed by atoms with Crippen molar-refractivity contribution in [3.8, 4) is 5.69 Å². The van der Waals surface area contributed by atoms with Crippen molar-refractivity contribution in [2.75, 3.05) is 5.73 Å². The zero-order valence-electron chi connectivity index (χ0n) is 10.1. The number of pyridine rings is 1. The number of imidazole rings is 1. The molecule has 0 aliphatic heterocycles. The van der Waals surface area contributed by atoms with E-state index in [4.69, 9.17) is 28.9 Å². The van der Waals surface area contributed by atoms with Gasteiger partial charge in [-0.2, -0.15) is 0 Å². The molecule has 0 saturated heterocycles. The lowest BCUT2D eigenvalue weighted by Gasteiger charge is -2.10. The number of halogens is 2.